The highest BCUT2D eigenvalue weighted by Gasteiger charge is 2.39. The molecule has 23 heavy (non-hydrogen) atoms. The van der Waals surface area contributed by atoms with Crippen molar-refractivity contribution in [3.05, 3.63) is 29.6 Å². The van der Waals surface area contributed by atoms with Crippen molar-refractivity contribution < 1.29 is 9.53 Å². The van der Waals surface area contributed by atoms with E-state index in [2.05, 4.69) is 20.3 Å². The number of rotatable bonds is 3. The first-order chi connectivity index (χ1) is 11.3. The van der Waals surface area contributed by atoms with Gasteiger partial charge < -0.3 is 9.64 Å². The Hall–Kier alpha value is -2.22. The average Bonchev–Trinajstić information content (AvgIpc) is 3.31. The van der Waals surface area contributed by atoms with Crippen molar-refractivity contribution >= 4 is 5.91 Å². The van der Waals surface area contributed by atoms with Crippen molar-refractivity contribution in [1.82, 2.24) is 29.9 Å². The van der Waals surface area contributed by atoms with E-state index in [1.165, 1.54) is 6.33 Å². The SMILES string of the molecule is CO[C@@H]1C[C@@H](c2ncn[nH]2)N(C(=O)c2cnn3c2CCCC3)C1. The Morgan fingerprint density at radius 1 is 1.43 bits per heavy atom. The van der Waals surface area contributed by atoms with Crippen LogP contribution in [0.4, 0.5) is 0 Å². The van der Waals surface area contributed by atoms with Crippen LogP contribution >= 0.6 is 0 Å². The summed E-state index contributed by atoms with van der Waals surface area (Å²) in [5.41, 5.74) is 1.77. The van der Waals surface area contributed by atoms with Crippen LogP contribution in [0.5, 0.6) is 0 Å². The molecular formula is C15H20N6O2. The summed E-state index contributed by atoms with van der Waals surface area (Å²) >= 11 is 0. The van der Waals surface area contributed by atoms with E-state index < -0.39 is 0 Å². The Bertz CT molecular complexity index is 695. The molecule has 8 nitrogen and oxygen atoms in total. The second kappa shape index (κ2) is 5.77. The van der Waals surface area contributed by atoms with E-state index in [0.717, 1.165) is 37.9 Å². The fraction of sp³-hybridized carbons (Fsp3) is 0.600. The Morgan fingerprint density at radius 3 is 3.13 bits per heavy atom. The van der Waals surface area contributed by atoms with Crippen LogP contribution in [0.1, 0.15) is 47.2 Å². The number of ether oxygens (including phenoxy) is 1. The highest BCUT2D eigenvalue weighted by Crippen LogP contribution is 2.33. The lowest BCUT2D eigenvalue weighted by atomic mass is 10.1. The normalized spacial score (nSPS) is 24.0. The van der Waals surface area contributed by atoms with Gasteiger partial charge in [0.15, 0.2) is 0 Å². The Labute approximate surface area is 133 Å². The predicted molar refractivity (Wildman–Crippen MR) is 80.7 cm³/mol. The molecule has 4 rings (SSSR count). The maximum atomic E-state index is 13.1. The molecule has 1 N–H and O–H groups in total. The highest BCUT2D eigenvalue weighted by molar-refractivity contribution is 5.95. The van der Waals surface area contributed by atoms with E-state index in [4.69, 9.17) is 4.74 Å². The quantitative estimate of drug-likeness (QED) is 0.910. The van der Waals surface area contributed by atoms with Gasteiger partial charge in [-0.15, -0.1) is 0 Å². The molecule has 0 bridgehead atoms. The van der Waals surface area contributed by atoms with Gasteiger partial charge in [0.05, 0.1) is 29.6 Å². The molecule has 0 spiro atoms. The van der Waals surface area contributed by atoms with E-state index in [1.807, 2.05) is 9.58 Å². The van der Waals surface area contributed by atoms with Crippen LogP contribution in [-0.2, 0) is 17.7 Å². The summed E-state index contributed by atoms with van der Waals surface area (Å²) in [6.45, 7) is 1.46. The molecule has 1 amide bonds. The van der Waals surface area contributed by atoms with Crippen LogP contribution in [0.25, 0.3) is 0 Å². The van der Waals surface area contributed by atoms with Crippen molar-refractivity contribution in [3.63, 3.8) is 0 Å². The van der Waals surface area contributed by atoms with Crippen LogP contribution in [0, 0.1) is 0 Å². The van der Waals surface area contributed by atoms with Crippen LogP contribution in [0.3, 0.4) is 0 Å². The molecule has 0 aliphatic carbocycles. The zero-order valence-electron chi connectivity index (χ0n) is 13.1. The molecule has 8 heteroatoms. The zero-order valence-corrected chi connectivity index (χ0v) is 13.1. The van der Waals surface area contributed by atoms with Gasteiger partial charge >= 0.3 is 0 Å². The summed E-state index contributed by atoms with van der Waals surface area (Å²) in [5, 5.41) is 11.2. The molecular weight excluding hydrogens is 296 g/mol. The number of hydrogen-bond acceptors (Lipinski definition) is 5. The number of fused-ring (bicyclic) bond motifs is 1. The Morgan fingerprint density at radius 2 is 2.35 bits per heavy atom. The zero-order chi connectivity index (χ0) is 15.8. The molecule has 1 fully saturated rings. The molecule has 122 valence electrons. The molecule has 0 aromatic carbocycles. The minimum atomic E-state index is -0.130. The van der Waals surface area contributed by atoms with Crippen LogP contribution in [0.15, 0.2) is 12.5 Å². The lowest BCUT2D eigenvalue weighted by molar-refractivity contribution is 0.0683. The van der Waals surface area contributed by atoms with Crippen molar-refractivity contribution in [2.45, 2.75) is 44.4 Å². The van der Waals surface area contributed by atoms with Gasteiger partial charge in [0.25, 0.3) is 5.91 Å². The first-order valence-electron chi connectivity index (χ1n) is 8.01. The third-order valence-corrected chi connectivity index (χ3v) is 4.82. The summed E-state index contributed by atoms with van der Waals surface area (Å²) in [4.78, 5) is 19.2. The summed E-state index contributed by atoms with van der Waals surface area (Å²) in [6, 6.07) is -0.130. The lowest BCUT2D eigenvalue weighted by Gasteiger charge is -2.23. The topological polar surface area (TPSA) is 88.9 Å². The smallest absolute Gasteiger partial charge is 0.258 e. The number of amides is 1. The standard InChI is InChI=1S/C15H20N6O2/c1-23-10-6-13(14-16-9-17-19-14)20(8-10)15(22)11-7-18-21-5-3-2-4-12(11)21/h7,9-10,13H,2-6,8H2,1H3,(H,16,17,19)/t10-,13+/m1/s1. The van der Waals surface area contributed by atoms with Gasteiger partial charge in [0.1, 0.15) is 12.2 Å². The first-order valence-corrected chi connectivity index (χ1v) is 8.01. The molecule has 0 radical (unpaired) electrons. The number of nitrogens with zero attached hydrogens (tertiary/aromatic N) is 5. The molecule has 2 aliphatic heterocycles. The largest absolute Gasteiger partial charge is 0.380 e. The van der Waals surface area contributed by atoms with Gasteiger partial charge in [-0.2, -0.15) is 10.2 Å². The number of carbonyl (C=O) groups is 1. The summed E-state index contributed by atoms with van der Waals surface area (Å²) in [7, 11) is 1.68. The monoisotopic (exact) mass is 316 g/mol. The summed E-state index contributed by atoms with van der Waals surface area (Å²) < 4.78 is 7.44. The van der Waals surface area contributed by atoms with Crippen molar-refractivity contribution in [2.75, 3.05) is 13.7 Å². The number of H-pyrrole nitrogens is 1. The van der Waals surface area contributed by atoms with Crippen molar-refractivity contribution in [2.24, 2.45) is 0 Å². The second-order valence-electron chi connectivity index (χ2n) is 6.12. The fourth-order valence-corrected chi connectivity index (χ4v) is 3.58. The van der Waals surface area contributed by atoms with E-state index in [9.17, 15) is 4.79 Å². The Balaban J connectivity index is 1.65. The molecule has 2 aromatic heterocycles. The molecule has 0 unspecified atom stereocenters. The highest BCUT2D eigenvalue weighted by atomic mass is 16.5. The minimum Gasteiger partial charge on any atom is -0.380 e. The second-order valence-corrected chi connectivity index (χ2v) is 6.12. The van der Waals surface area contributed by atoms with Gasteiger partial charge in [-0.25, -0.2) is 4.98 Å². The van der Waals surface area contributed by atoms with Gasteiger partial charge in [-0.3, -0.25) is 14.6 Å². The first kappa shape index (κ1) is 14.4. The lowest BCUT2D eigenvalue weighted by Crippen LogP contribution is -2.33. The number of aromatic nitrogens is 5. The maximum absolute atomic E-state index is 13.1. The van der Waals surface area contributed by atoms with Crippen molar-refractivity contribution in [1.29, 1.82) is 0 Å². The minimum absolute atomic E-state index is 0.00843. The van der Waals surface area contributed by atoms with E-state index in [-0.39, 0.29) is 18.1 Å². The van der Waals surface area contributed by atoms with E-state index in [1.54, 1.807) is 13.3 Å². The number of carbonyl (C=O) groups excluding carboxylic acids is 1. The molecule has 0 saturated carbocycles. The van der Waals surface area contributed by atoms with Crippen LogP contribution < -0.4 is 0 Å². The maximum Gasteiger partial charge on any atom is 0.258 e. The average molecular weight is 316 g/mol. The van der Waals surface area contributed by atoms with Gasteiger partial charge in [-0.1, -0.05) is 0 Å². The van der Waals surface area contributed by atoms with Gasteiger partial charge in [0.2, 0.25) is 0 Å². The number of likely N-dealkylation sites (tertiary alicyclic amines) is 1. The molecule has 2 atom stereocenters. The molecule has 4 heterocycles. The van der Waals surface area contributed by atoms with Crippen molar-refractivity contribution in [3.8, 4) is 0 Å². The fourth-order valence-electron chi connectivity index (χ4n) is 3.58. The van der Waals surface area contributed by atoms with E-state index in [0.29, 0.717) is 17.9 Å². The Kier molecular flexibility index (Phi) is 3.60. The number of aromatic amines is 1. The number of hydrogen-bond donors (Lipinski definition) is 1. The van der Waals surface area contributed by atoms with Gasteiger partial charge in [0, 0.05) is 26.6 Å². The molecule has 2 aromatic rings. The number of nitrogens with one attached hydrogen (secondary N) is 1. The van der Waals surface area contributed by atoms with Gasteiger partial charge in [-0.05, 0) is 19.3 Å². The van der Waals surface area contributed by atoms with Crippen LogP contribution in [-0.4, -0.2) is 55.5 Å². The summed E-state index contributed by atoms with van der Waals surface area (Å²) in [6.07, 6.45) is 7.06. The third kappa shape index (κ3) is 2.42. The predicted octanol–water partition coefficient (Wildman–Crippen LogP) is 0.940. The molecule has 2 aliphatic rings. The third-order valence-electron chi connectivity index (χ3n) is 4.82. The molecule has 1 saturated heterocycles. The summed E-state index contributed by atoms with van der Waals surface area (Å²) in [5.74, 6) is 0.716. The van der Waals surface area contributed by atoms with Crippen LogP contribution in [0.2, 0.25) is 0 Å². The number of aryl methyl sites for hydroxylation is 1. The van der Waals surface area contributed by atoms with E-state index >= 15 is 0 Å². The number of methoxy groups -OCH3 is 1.